The van der Waals surface area contributed by atoms with Crippen LogP contribution in [0.1, 0.15) is 59.8 Å². The van der Waals surface area contributed by atoms with Gasteiger partial charge in [-0.05, 0) is 52.4 Å². The number of hydrogen-bond donors (Lipinski definition) is 1. The van der Waals surface area contributed by atoms with E-state index in [1.165, 1.54) is 51.7 Å². The molecule has 2 nitrogen and oxygen atoms in total. The van der Waals surface area contributed by atoms with Crippen LogP contribution >= 0.6 is 0 Å². The molecule has 0 radical (unpaired) electrons. The Morgan fingerprint density at radius 2 is 1.69 bits per heavy atom. The molecule has 1 unspecified atom stereocenters. The van der Waals surface area contributed by atoms with E-state index in [4.69, 9.17) is 0 Å². The first kappa shape index (κ1) is 15.9. The van der Waals surface area contributed by atoms with Crippen molar-refractivity contribution in [2.24, 2.45) is 0 Å². The standard InChI is InChI=1S/C14H32N2/c1-5-14(4)16(7-3)13-11-9-8-10-12-15-6-2/h14-15H,5-13H2,1-4H3. The van der Waals surface area contributed by atoms with Gasteiger partial charge in [-0.1, -0.05) is 33.6 Å². The molecule has 2 heteroatoms. The summed E-state index contributed by atoms with van der Waals surface area (Å²) >= 11 is 0. The van der Waals surface area contributed by atoms with Crippen molar-refractivity contribution in [3.63, 3.8) is 0 Å². The van der Waals surface area contributed by atoms with Crippen molar-refractivity contribution in [1.82, 2.24) is 10.2 Å². The topological polar surface area (TPSA) is 15.3 Å². The second-order valence-corrected chi connectivity index (χ2v) is 4.65. The summed E-state index contributed by atoms with van der Waals surface area (Å²) in [6.07, 6.45) is 6.74. The minimum absolute atomic E-state index is 0.756. The third-order valence-corrected chi connectivity index (χ3v) is 3.42. The summed E-state index contributed by atoms with van der Waals surface area (Å²) in [7, 11) is 0. The van der Waals surface area contributed by atoms with Gasteiger partial charge in [-0.2, -0.15) is 0 Å². The lowest BCUT2D eigenvalue weighted by Crippen LogP contribution is -2.33. The van der Waals surface area contributed by atoms with Crippen LogP contribution in [0.2, 0.25) is 0 Å². The highest BCUT2D eigenvalue weighted by molar-refractivity contribution is 4.64. The Morgan fingerprint density at radius 1 is 1.00 bits per heavy atom. The van der Waals surface area contributed by atoms with E-state index in [1.807, 2.05) is 0 Å². The first-order valence-corrected chi connectivity index (χ1v) is 7.20. The predicted molar refractivity (Wildman–Crippen MR) is 74.0 cm³/mol. The number of unbranched alkanes of at least 4 members (excludes halogenated alkanes) is 3. The van der Waals surface area contributed by atoms with Gasteiger partial charge in [-0.3, -0.25) is 0 Å². The van der Waals surface area contributed by atoms with Crippen molar-refractivity contribution < 1.29 is 0 Å². The Morgan fingerprint density at radius 3 is 2.25 bits per heavy atom. The van der Waals surface area contributed by atoms with Crippen molar-refractivity contribution in [2.75, 3.05) is 26.2 Å². The Kier molecular flexibility index (Phi) is 11.3. The van der Waals surface area contributed by atoms with E-state index in [9.17, 15) is 0 Å². The lowest BCUT2D eigenvalue weighted by molar-refractivity contribution is 0.210. The van der Waals surface area contributed by atoms with E-state index in [1.54, 1.807) is 0 Å². The predicted octanol–water partition coefficient (Wildman–Crippen LogP) is 3.28. The monoisotopic (exact) mass is 228 g/mol. The quantitative estimate of drug-likeness (QED) is 0.546. The first-order valence-electron chi connectivity index (χ1n) is 7.20. The summed E-state index contributed by atoms with van der Waals surface area (Å²) in [6, 6.07) is 0.756. The summed E-state index contributed by atoms with van der Waals surface area (Å²) in [6.45, 7) is 13.9. The molecule has 0 amide bonds. The number of hydrogen-bond acceptors (Lipinski definition) is 2. The highest BCUT2D eigenvalue weighted by Crippen LogP contribution is 2.06. The number of rotatable bonds is 11. The van der Waals surface area contributed by atoms with Crippen LogP contribution in [-0.4, -0.2) is 37.1 Å². The van der Waals surface area contributed by atoms with Gasteiger partial charge in [0.25, 0.3) is 0 Å². The molecule has 0 bridgehead atoms. The van der Waals surface area contributed by atoms with Crippen LogP contribution in [0.4, 0.5) is 0 Å². The van der Waals surface area contributed by atoms with Crippen molar-refractivity contribution in [2.45, 2.75) is 65.8 Å². The molecule has 0 saturated carbocycles. The summed E-state index contributed by atoms with van der Waals surface area (Å²) in [5, 5.41) is 3.38. The van der Waals surface area contributed by atoms with Gasteiger partial charge in [0.1, 0.15) is 0 Å². The smallest absolute Gasteiger partial charge is 0.00641 e. The van der Waals surface area contributed by atoms with Gasteiger partial charge in [-0.15, -0.1) is 0 Å². The van der Waals surface area contributed by atoms with Gasteiger partial charge in [-0.25, -0.2) is 0 Å². The second kappa shape index (κ2) is 11.4. The molecule has 0 aliphatic heterocycles. The largest absolute Gasteiger partial charge is 0.317 e. The van der Waals surface area contributed by atoms with Crippen LogP contribution in [-0.2, 0) is 0 Å². The van der Waals surface area contributed by atoms with E-state index in [0.29, 0.717) is 0 Å². The molecular weight excluding hydrogens is 196 g/mol. The van der Waals surface area contributed by atoms with Gasteiger partial charge < -0.3 is 10.2 Å². The molecule has 0 heterocycles. The molecule has 0 spiro atoms. The molecular formula is C14H32N2. The SMILES string of the molecule is CCNCCCCCCN(CC)C(C)CC. The molecule has 0 aliphatic carbocycles. The molecule has 98 valence electrons. The second-order valence-electron chi connectivity index (χ2n) is 4.65. The summed E-state index contributed by atoms with van der Waals surface area (Å²) < 4.78 is 0. The zero-order chi connectivity index (χ0) is 12.2. The van der Waals surface area contributed by atoms with E-state index >= 15 is 0 Å². The van der Waals surface area contributed by atoms with Gasteiger partial charge in [0.15, 0.2) is 0 Å². The zero-order valence-electron chi connectivity index (χ0n) is 11.9. The van der Waals surface area contributed by atoms with Crippen LogP contribution < -0.4 is 5.32 Å². The molecule has 0 aromatic rings. The molecule has 16 heavy (non-hydrogen) atoms. The molecule has 0 aromatic carbocycles. The van der Waals surface area contributed by atoms with Crippen LogP contribution in [0.3, 0.4) is 0 Å². The minimum Gasteiger partial charge on any atom is -0.317 e. The molecule has 0 rings (SSSR count). The van der Waals surface area contributed by atoms with Crippen molar-refractivity contribution >= 4 is 0 Å². The van der Waals surface area contributed by atoms with Crippen molar-refractivity contribution in [1.29, 1.82) is 0 Å². The lowest BCUT2D eigenvalue weighted by atomic mass is 10.1. The summed E-state index contributed by atoms with van der Waals surface area (Å²) in [5.74, 6) is 0. The molecule has 0 saturated heterocycles. The third-order valence-electron chi connectivity index (χ3n) is 3.42. The van der Waals surface area contributed by atoms with Crippen molar-refractivity contribution in [3.05, 3.63) is 0 Å². The molecule has 0 aromatic heterocycles. The Balaban J connectivity index is 3.34. The minimum atomic E-state index is 0.756. The maximum atomic E-state index is 3.38. The van der Waals surface area contributed by atoms with Crippen LogP contribution in [0.25, 0.3) is 0 Å². The van der Waals surface area contributed by atoms with Crippen LogP contribution in [0, 0.1) is 0 Å². The molecule has 1 N–H and O–H groups in total. The van der Waals surface area contributed by atoms with Gasteiger partial charge in [0, 0.05) is 6.04 Å². The first-order chi connectivity index (χ1) is 7.76. The van der Waals surface area contributed by atoms with Crippen LogP contribution in [0.15, 0.2) is 0 Å². The third kappa shape index (κ3) is 8.12. The number of nitrogens with one attached hydrogen (secondary N) is 1. The van der Waals surface area contributed by atoms with Crippen LogP contribution in [0.5, 0.6) is 0 Å². The molecule has 1 atom stereocenters. The highest BCUT2D eigenvalue weighted by Gasteiger charge is 2.08. The molecule has 0 fully saturated rings. The van der Waals surface area contributed by atoms with Crippen molar-refractivity contribution in [3.8, 4) is 0 Å². The fourth-order valence-electron chi connectivity index (χ4n) is 2.04. The fraction of sp³-hybridized carbons (Fsp3) is 1.00. The maximum absolute atomic E-state index is 3.38. The summed E-state index contributed by atoms with van der Waals surface area (Å²) in [4.78, 5) is 2.60. The van der Waals surface area contributed by atoms with E-state index in [-0.39, 0.29) is 0 Å². The average molecular weight is 228 g/mol. The van der Waals surface area contributed by atoms with E-state index in [0.717, 1.165) is 12.6 Å². The average Bonchev–Trinajstić information content (AvgIpc) is 2.32. The van der Waals surface area contributed by atoms with Gasteiger partial charge in [0.2, 0.25) is 0 Å². The van der Waals surface area contributed by atoms with Gasteiger partial charge >= 0.3 is 0 Å². The molecule has 0 aliphatic rings. The number of nitrogens with zero attached hydrogens (tertiary/aromatic N) is 1. The zero-order valence-corrected chi connectivity index (χ0v) is 11.9. The van der Waals surface area contributed by atoms with E-state index < -0.39 is 0 Å². The highest BCUT2D eigenvalue weighted by atomic mass is 15.1. The normalized spacial score (nSPS) is 13.3. The Hall–Kier alpha value is -0.0800. The summed E-state index contributed by atoms with van der Waals surface area (Å²) in [5.41, 5.74) is 0. The lowest BCUT2D eigenvalue weighted by Gasteiger charge is -2.26. The Labute approximate surface area is 103 Å². The maximum Gasteiger partial charge on any atom is 0.00641 e. The van der Waals surface area contributed by atoms with E-state index in [2.05, 4.69) is 37.9 Å². The fourth-order valence-corrected chi connectivity index (χ4v) is 2.04. The Bertz CT molecular complexity index is 137. The van der Waals surface area contributed by atoms with Gasteiger partial charge in [0.05, 0.1) is 0 Å².